The van der Waals surface area contributed by atoms with Crippen molar-refractivity contribution in [2.45, 2.75) is 30.6 Å². The van der Waals surface area contributed by atoms with Gasteiger partial charge in [-0.15, -0.1) is 0 Å². The molecule has 4 heteroatoms. The Labute approximate surface area is 98.4 Å². The SMILES string of the molecule is Cc1ccc(SOCC2CCC2(F)F)cc1. The molecule has 1 aliphatic carbocycles. The second-order valence-corrected chi connectivity index (χ2v) is 5.05. The standard InChI is InChI=1S/C12H14F2OS/c1-9-2-4-11(5-3-9)16-15-8-10-6-7-12(10,13)14/h2-5,10H,6-8H2,1H3. The van der Waals surface area contributed by atoms with Gasteiger partial charge in [-0.1, -0.05) is 17.7 Å². The maximum Gasteiger partial charge on any atom is 0.253 e. The van der Waals surface area contributed by atoms with Crippen LogP contribution in [0.4, 0.5) is 8.78 Å². The first-order valence-electron chi connectivity index (χ1n) is 5.32. The zero-order chi connectivity index (χ0) is 11.6. The largest absolute Gasteiger partial charge is 0.310 e. The second kappa shape index (κ2) is 4.72. The summed E-state index contributed by atoms with van der Waals surface area (Å²) < 4.78 is 31.0. The van der Waals surface area contributed by atoms with Gasteiger partial charge in [-0.05, 0) is 25.5 Å². The number of benzene rings is 1. The van der Waals surface area contributed by atoms with Crippen LogP contribution in [0.1, 0.15) is 18.4 Å². The number of hydrogen-bond acceptors (Lipinski definition) is 2. The highest BCUT2D eigenvalue weighted by atomic mass is 32.2. The smallest absolute Gasteiger partial charge is 0.253 e. The van der Waals surface area contributed by atoms with E-state index >= 15 is 0 Å². The van der Waals surface area contributed by atoms with Crippen LogP contribution in [0.15, 0.2) is 29.2 Å². The van der Waals surface area contributed by atoms with E-state index in [2.05, 4.69) is 0 Å². The molecule has 1 aliphatic rings. The number of aryl methyl sites for hydroxylation is 1. The molecule has 1 unspecified atom stereocenters. The Morgan fingerprint density at radius 2 is 2.06 bits per heavy atom. The van der Waals surface area contributed by atoms with Gasteiger partial charge in [0, 0.05) is 29.3 Å². The quantitative estimate of drug-likeness (QED) is 0.738. The molecule has 1 aromatic rings. The predicted octanol–water partition coefficient (Wildman–Crippen LogP) is 4.06. The highest BCUT2D eigenvalue weighted by Gasteiger charge is 2.48. The van der Waals surface area contributed by atoms with Gasteiger partial charge >= 0.3 is 0 Å². The van der Waals surface area contributed by atoms with Crippen LogP contribution in [0.25, 0.3) is 0 Å². The van der Waals surface area contributed by atoms with Crippen LogP contribution in [0.2, 0.25) is 0 Å². The van der Waals surface area contributed by atoms with Gasteiger partial charge in [0.25, 0.3) is 5.92 Å². The van der Waals surface area contributed by atoms with Crippen LogP contribution in [0.3, 0.4) is 0 Å². The summed E-state index contributed by atoms with van der Waals surface area (Å²) in [7, 11) is 0. The van der Waals surface area contributed by atoms with Crippen molar-refractivity contribution in [1.29, 1.82) is 0 Å². The molecule has 0 heterocycles. The van der Waals surface area contributed by atoms with Crippen molar-refractivity contribution in [3.8, 4) is 0 Å². The first kappa shape index (κ1) is 11.9. The molecule has 0 aromatic heterocycles. The Bertz CT molecular complexity index is 351. The Morgan fingerprint density at radius 1 is 1.38 bits per heavy atom. The minimum Gasteiger partial charge on any atom is -0.310 e. The van der Waals surface area contributed by atoms with Crippen molar-refractivity contribution in [3.63, 3.8) is 0 Å². The normalized spacial score (nSPS) is 22.8. The number of hydrogen-bond donors (Lipinski definition) is 0. The lowest BCUT2D eigenvalue weighted by atomic mass is 9.81. The molecule has 16 heavy (non-hydrogen) atoms. The maximum atomic E-state index is 12.9. The van der Waals surface area contributed by atoms with Crippen molar-refractivity contribution in [1.82, 2.24) is 0 Å². The second-order valence-electron chi connectivity index (χ2n) is 4.18. The Morgan fingerprint density at radius 3 is 2.56 bits per heavy atom. The van der Waals surface area contributed by atoms with Crippen molar-refractivity contribution < 1.29 is 13.0 Å². The maximum absolute atomic E-state index is 12.9. The molecule has 0 amide bonds. The van der Waals surface area contributed by atoms with Crippen LogP contribution < -0.4 is 0 Å². The summed E-state index contributed by atoms with van der Waals surface area (Å²) in [6.07, 6.45) is 0.581. The molecule has 1 atom stereocenters. The molecule has 1 aromatic carbocycles. The number of halogens is 2. The van der Waals surface area contributed by atoms with E-state index in [4.69, 9.17) is 4.18 Å². The molecule has 0 N–H and O–H groups in total. The third-order valence-electron chi connectivity index (χ3n) is 2.87. The fourth-order valence-corrected chi connectivity index (χ4v) is 2.17. The summed E-state index contributed by atoms with van der Waals surface area (Å²) >= 11 is 1.17. The first-order chi connectivity index (χ1) is 7.58. The molecule has 0 bridgehead atoms. The van der Waals surface area contributed by atoms with Crippen LogP contribution in [0, 0.1) is 12.8 Å². The predicted molar refractivity (Wildman–Crippen MR) is 60.7 cm³/mol. The summed E-state index contributed by atoms with van der Waals surface area (Å²) in [5.41, 5.74) is 1.18. The number of rotatable bonds is 4. The average Bonchev–Trinajstić information content (AvgIpc) is 2.25. The summed E-state index contributed by atoms with van der Waals surface area (Å²) in [6, 6.07) is 7.81. The minimum atomic E-state index is -2.51. The van der Waals surface area contributed by atoms with E-state index < -0.39 is 11.8 Å². The van der Waals surface area contributed by atoms with Crippen molar-refractivity contribution >= 4 is 12.0 Å². The lowest BCUT2D eigenvalue weighted by Crippen LogP contribution is -2.41. The Kier molecular flexibility index (Phi) is 3.50. The van der Waals surface area contributed by atoms with Crippen molar-refractivity contribution in [2.75, 3.05) is 6.61 Å². The summed E-state index contributed by atoms with van der Waals surface area (Å²) in [6.45, 7) is 2.13. The van der Waals surface area contributed by atoms with E-state index in [1.54, 1.807) is 0 Å². The van der Waals surface area contributed by atoms with Crippen molar-refractivity contribution in [2.24, 2.45) is 5.92 Å². The third kappa shape index (κ3) is 2.74. The molecule has 1 saturated carbocycles. The highest BCUT2D eigenvalue weighted by molar-refractivity contribution is 7.94. The molecule has 2 rings (SSSR count). The Hall–Kier alpha value is -0.610. The molecule has 0 spiro atoms. The van der Waals surface area contributed by atoms with E-state index in [0.29, 0.717) is 6.42 Å². The molecule has 0 radical (unpaired) electrons. The third-order valence-corrected chi connectivity index (χ3v) is 3.59. The van der Waals surface area contributed by atoms with Crippen LogP contribution >= 0.6 is 12.0 Å². The molecule has 1 fully saturated rings. The molecule has 0 aliphatic heterocycles. The van der Waals surface area contributed by atoms with Gasteiger partial charge in [0.15, 0.2) is 0 Å². The summed E-state index contributed by atoms with van der Waals surface area (Å²) in [5.74, 6) is -3.10. The molecule has 88 valence electrons. The van der Waals surface area contributed by atoms with E-state index in [-0.39, 0.29) is 13.0 Å². The van der Waals surface area contributed by atoms with Gasteiger partial charge in [-0.25, -0.2) is 8.78 Å². The van der Waals surface area contributed by atoms with Crippen LogP contribution in [0.5, 0.6) is 0 Å². The van der Waals surface area contributed by atoms with Gasteiger partial charge < -0.3 is 4.18 Å². The average molecular weight is 244 g/mol. The van der Waals surface area contributed by atoms with E-state index in [1.165, 1.54) is 17.6 Å². The molecular formula is C12H14F2OS. The molecule has 1 nitrogen and oxygen atoms in total. The lowest BCUT2D eigenvalue weighted by molar-refractivity contribution is -0.142. The van der Waals surface area contributed by atoms with E-state index in [0.717, 1.165) is 4.90 Å². The summed E-state index contributed by atoms with van der Waals surface area (Å²) in [4.78, 5) is 0.952. The van der Waals surface area contributed by atoms with Gasteiger partial charge in [0.2, 0.25) is 0 Å². The highest BCUT2D eigenvalue weighted by Crippen LogP contribution is 2.44. The Balaban J connectivity index is 1.74. The first-order valence-corrected chi connectivity index (χ1v) is 6.06. The van der Waals surface area contributed by atoms with Gasteiger partial charge in [-0.3, -0.25) is 0 Å². The molecular weight excluding hydrogens is 230 g/mol. The van der Waals surface area contributed by atoms with Gasteiger partial charge in [0.05, 0.1) is 6.61 Å². The fourth-order valence-electron chi connectivity index (χ4n) is 1.55. The van der Waals surface area contributed by atoms with Crippen LogP contribution in [-0.4, -0.2) is 12.5 Å². The topological polar surface area (TPSA) is 9.23 Å². The van der Waals surface area contributed by atoms with Gasteiger partial charge in [0.1, 0.15) is 0 Å². The number of alkyl halides is 2. The zero-order valence-corrected chi connectivity index (χ0v) is 9.90. The molecule has 0 saturated heterocycles. The van der Waals surface area contributed by atoms with Crippen LogP contribution in [-0.2, 0) is 4.18 Å². The van der Waals surface area contributed by atoms with E-state index in [9.17, 15) is 8.78 Å². The van der Waals surface area contributed by atoms with E-state index in [1.807, 2.05) is 31.2 Å². The minimum absolute atomic E-state index is 0.0101. The lowest BCUT2D eigenvalue weighted by Gasteiger charge is -2.35. The monoisotopic (exact) mass is 244 g/mol. The summed E-state index contributed by atoms with van der Waals surface area (Å²) in [5, 5.41) is 0. The fraction of sp³-hybridized carbons (Fsp3) is 0.500. The zero-order valence-electron chi connectivity index (χ0n) is 9.08. The van der Waals surface area contributed by atoms with Crippen molar-refractivity contribution in [3.05, 3.63) is 29.8 Å². The van der Waals surface area contributed by atoms with Gasteiger partial charge in [-0.2, -0.15) is 0 Å².